The van der Waals surface area contributed by atoms with E-state index >= 15 is 0 Å². The van der Waals surface area contributed by atoms with Crippen LogP contribution in [0.15, 0.2) is 42.7 Å². The molecule has 0 fully saturated rings. The van der Waals surface area contributed by atoms with E-state index in [9.17, 15) is 4.79 Å². The van der Waals surface area contributed by atoms with Crippen molar-refractivity contribution in [2.75, 3.05) is 0 Å². The molecule has 0 aliphatic heterocycles. The summed E-state index contributed by atoms with van der Waals surface area (Å²) >= 11 is 0. The molecule has 0 aliphatic rings. The first kappa shape index (κ1) is 11.4. The topological polar surface area (TPSA) is 55.1 Å². The fourth-order valence-corrected chi connectivity index (χ4v) is 1.71. The van der Waals surface area contributed by atoms with Gasteiger partial charge in [0.05, 0.1) is 6.42 Å². The van der Waals surface area contributed by atoms with Gasteiger partial charge in [0.25, 0.3) is 0 Å². The minimum absolute atomic E-state index is 0.117. The van der Waals surface area contributed by atoms with Crippen LogP contribution in [-0.4, -0.2) is 20.6 Å². The van der Waals surface area contributed by atoms with E-state index < -0.39 is 5.97 Å². The average molecular weight is 230 g/mol. The molecular formula is C13H14N2O2. The fourth-order valence-electron chi connectivity index (χ4n) is 1.71. The van der Waals surface area contributed by atoms with Gasteiger partial charge in [-0.2, -0.15) is 0 Å². The molecule has 2 aromatic rings. The second-order valence-electron chi connectivity index (χ2n) is 3.85. The minimum atomic E-state index is -0.792. The molecule has 4 nitrogen and oxygen atoms in total. The average Bonchev–Trinajstić information content (AvgIpc) is 2.75. The van der Waals surface area contributed by atoms with Crippen LogP contribution in [0.5, 0.6) is 0 Å². The molecule has 2 rings (SSSR count). The maximum Gasteiger partial charge on any atom is 0.303 e. The standard InChI is InChI=1S/C13H14N2O2/c16-13(17)7-6-12-14-8-9-15(12)10-11-4-2-1-3-5-11/h1-5,8-9H,6-7,10H2,(H,16,17). The molecule has 1 aromatic heterocycles. The Morgan fingerprint density at radius 3 is 2.76 bits per heavy atom. The van der Waals surface area contributed by atoms with E-state index in [0.717, 1.165) is 12.4 Å². The number of carbonyl (C=O) groups is 1. The lowest BCUT2D eigenvalue weighted by molar-refractivity contribution is -0.137. The van der Waals surface area contributed by atoms with Gasteiger partial charge < -0.3 is 9.67 Å². The quantitative estimate of drug-likeness (QED) is 0.854. The van der Waals surface area contributed by atoms with Crippen LogP contribution in [0.25, 0.3) is 0 Å². The van der Waals surface area contributed by atoms with Crippen molar-refractivity contribution in [3.05, 3.63) is 54.1 Å². The molecule has 4 heteroatoms. The van der Waals surface area contributed by atoms with Crippen molar-refractivity contribution >= 4 is 5.97 Å². The van der Waals surface area contributed by atoms with Gasteiger partial charge in [-0.1, -0.05) is 30.3 Å². The van der Waals surface area contributed by atoms with Crippen LogP contribution in [0.4, 0.5) is 0 Å². The molecule has 0 saturated heterocycles. The summed E-state index contributed by atoms with van der Waals surface area (Å²) in [5, 5.41) is 8.66. The largest absolute Gasteiger partial charge is 0.481 e. The van der Waals surface area contributed by atoms with Gasteiger partial charge in [-0.25, -0.2) is 4.98 Å². The number of nitrogens with zero attached hydrogens (tertiary/aromatic N) is 2. The molecule has 1 N–H and O–H groups in total. The van der Waals surface area contributed by atoms with Gasteiger partial charge >= 0.3 is 5.97 Å². The van der Waals surface area contributed by atoms with Crippen molar-refractivity contribution in [2.24, 2.45) is 0 Å². The first-order valence-electron chi connectivity index (χ1n) is 5.51. The van der Waals surface area contributed by atoms with Crippen LogP contribution in [0, 0.1) is 0 Å². The molecule has 0 atom stereocenters. The molecule has 0 aliphatic carbocycles. The number of hydrogen-bond donors (Lipinski definition) is 1. The van der Waals surface area contributed by atoms with Crippen molar-refractivity contribution in [3.8, 4) is 0 Å². The molecule has 0 saturated carbocycles. The Kier molecular flexibility index (Phi) is 3.55. The van der Waals surface area contributed by atoms with Crippen molar-refractivity contribution in [1.29, 1.82) is 0 Å². The van der Waals surface area contributed by atoms with Gasteiger partial charge in [-0.15, -0.1) is 0 Å². The van der Waals surface area contributed by atoms with E-state index in [0.29, 0.717) is 6.42 Å². The SMILES string of the molecule is O=C(O)CCc1nccn1Cc1ccccc1. The molecule has 0 amide bonds. The second kappa shape index (κ2) is 5.30. The van der Waals surface area contributed by atoms with E-state index in [1.54, 1.807) is 6.20 Å². The van der Waals surface area contributed by atoms with E-state index in [1.165, 1.54) is 5.56 Å². The molecule has 17 heavy (non-hydrogen) atoms. The highest BCUT2D eigenvalue weighted by Gasteiger charge is 2.05. The van der Waals surface area contributed by atoms with E-state index in [4.69, 9.17) is 5.11 Å². The molecule has 0 bridgehead atoms. The Morgan fingerprint density at radius 2 is 2.06 bits per heavy atom. The first-order chi connectivity index (χ1) is 8.25. The number of aliphatic carboxylic acids is 1. The highest BCUT2D eigenvalue weighted by atomic mass is 16.4. The minimum Gasteiger partial charge on any atom is -0.481 e. The first-order valence-corrected chi connectivity index (χ1v) is 5.51. The summed E-state index contributed by atoms with van der Waals surface area (Å²) in [6, 6.07) is 10.0. The summed E-state index contributed by atoms with van der Waals surface area (Å²) in [5.41, 5.74) is 1.18. The van der Waals surface area contributed by atoms with Crippen molar-refractivity contribution < 1.29 is 9.90 Å². The zero-order valence-corrected chi connectivity index (χ0v) is 9.41. The molecular weight excluding hydrogens is 216 g/mol. The number of hydrogen-bond acceptors (Lipinski definition) is 2. The van der Waals surface area contributed by atoms with Gasteiger partial charge in [0.15, 0.2) is 0 Å². The number of carboxylic acids is 1. The predicted molar refractivity (Wildman–Crippen MR) is 63.7 cm³/mol. The number of imidazole rings is 1. The van der Waals surface area contributed by atoms with Crippen molar-refractivity contribution in [2.45, 2.75) is 19.4 Å². The van der Waals surface area contributed by atoms with Crippen LogP contribution in [0.3, 0.4) is 0 Å². The van der Waals surface area contributed by atoms with Gasteiger partial charge in [0.1, 0.15) is 5.82 Å². The molecule has 0 radical (unpaired) electrons. The Bertz CT molecular complexity index is 491. The molecule has 1 aromatic carbocycles. The summed E-state index contributed by atoms with van der Waals surface area (Å²) in [6.07, 6.45) is 4.17. The van der Waals surface area contributed by atoms with E-state index in [1.807, 2.05) is 41.1 Å². The number of rotatable bonds is 5. The normalized spacial score (nSPS) is 10.4. The lowest BCUT2D eigenvalue weighted by Gasteiger charge is -2.06. The summed E-state index contributed by atoms with van der Waals surface area (Å²) in [4.78, 5) is 14.7. The monoisotopic (exact) mass is 230 g/mol. The maximum atomic E-state index is 10.5. The molecule has 1 heterocycles. The smallest absolute Gasteiger partial charge is 0.303 e. The summed E-state index contributed by atoms with van der Waals surface area (Å²) < 4.78 is 1.98. The fraction of sp³-hybridized carbons (Fsp3) is 0.231. The van der Waals surface area contributed by atoms with Crippen LogP contribution in [0.2, 0.25) is 0 Å². The Morgan fingerprint density at radius 1 is 1.29 bits per heavy atom. The second-order valence-corrected chi connectivity index (χ2v) is 3.85. The maximum absolute atomic E-state index is 10.5. The summed E-state index contributed by atoms with van der Waals surface area (Å²) in [5.74, 6) is 0.0236. The van der Waals surface area contributed by atoms with Gasteiger partial charge in [-0.05, 0) is 5.56 Å². The van der Waals surface area contributed by atoms with Crippen LogP contribution < -0.4 is 0 Å². The van der Waals surface area contributed by atoms with E-state index in [-0.39, 0.29) is 6.42 Å². The third-order valence-electron chi connectivity index (χ3n) is 2.56. The Labute approximate surface area is 99.5 Å². The van der Waals surface area contributed by atoms with Crippen molar-refractivity contribution in [1.82, 2.24) is 9.55 Å². The highest BCUT2D eigenvalue weighted by molar-refractivity contribution is 5.66. The number of carboxylic acid groups (broad SMARTS) is 1. The third-order valence-corrected chi connectivity index (χ3v) is 2.56. The summed E-state index contributed by atoms with van der Waals surface area (Å²) in [6.45, 7) is 0.732. The van der Waals surface area contributed by atoms with Crippen LogP contribution >= 0.6 is 0 Å². The lowest BCUT2D eigenvalue weighted by atomic mass is 10.2. The number of aromatic nitrogens is 2. The summed E-state index contributed by atoms with van der Waals surface area (Å²) in [7, 11) is 0. The third kappa shape index (κ3) is 3.17. The van der Waals surface area contributed by atoms with Gasteiger partial charge in [0, 0.05) is 25.4 Å². The molecule has 0 spiro atoms. The van der Waals surface area contributed by atoms with Crippen LogP contribution in [0.1, 0.15) is 17.8 Å². The number of aryl methyl sites for hydroxylation is 1. The van der Waals surface area contributed by atoms with Gasteiger partial charge in [-0.3, -0.25) is 4.79 Å². The zero-order chi connectivity index (χ0) is 12.1. The van der Waals surface area contributed by atoms with Gasteiger partial charge in [0.2, 0.25) is 0 Å². The Hall–Kier alpha value is -2.10. The van der Waals surface area contributed by atoms with E-state index in [2.05, 4.69) is 4.98 Å². The lowest BCUT2D eigenvalue weighted by Crippen LogP contribution is -2.07. The predicted octanol–water partition coefficient (Wildman–Crippen LogP) is 1.95. The zero-order valence-electron chi connectivity index (χ0n) is 9.41. The highest BCUT2D eigenvalue weighted by Crippen LogP contribution is 2.07. The van der Waals surface area contributed by atoms with Crippen molar-refractivity contribution in [3.63, 3.8) is 0 Å². The Balaban J connectivity index is 2.06. The van der Waals surface area contributed by atoms with Crippen LogP contribution in [-0.2, 0) is 17.8 Å². The molecule has 0 unspecified atom stereocenters. The molecule has 88 valence electrons. The number of benzene rings is 1.